The molecule has 0 aliphatic heterocycles. The molecule has 0 bridgehead atoms. The van der Waals surface area contributed by atoms with Crippen LogP contribution < -0.4 is 5.73 Å². The molecule has 1 saturated carbocycles. The first-order chi connectivity index (χ1) is 9.20. The summed E-state index contributed by atoms with van der Waals surface area (Å²) in [5, 5.41) is 1.35. The molecule has 0 radical (unpaired) electrons. The lowest BCUT2D eigenvalue weighted by Gasteiger charge is -2.27. The predicted octanol–water partition coefficient (Wildman–Crippen LogP) is 4.70. The fourth-order valence-corrected chi connectivity index (χ4v) is 4.38. The molecule has 0 amide bonds. The van der Waals surface area contributed by atoms with Gasteiger partial charge in [0.05, 0.1) is 0 Å². The van der Waals surface area contributed by atoms with E-state index >= 15 is 0 Å². The van der Waals surface area contributed by atoms with Crippen molar-refractivity contribution in [2.24, 2.45) is 5.73 Å². The Hall–Kier alpha value is -0.470. The van der Waals surface area contributed by atoms with Gasteiger partial charge in [-0.15, -0.1) is 0 Å². The lowest BCUT2D eigenvalue weighted by Crippen LogP contribution is -2.24. The molecular formula is C17H27NS. The predicted molar refractivity (Wildman–Crippen MR) is 86.7 cm³/mol. The second-order valence-electron chi connectivity index (χ2n) is 5.72. The molecule has 0 saturated heterocycles. The first kappa shape index (κ1) is 14.9. The average molecular weight is 277 g/mol. The molecule has 1 aliphatic rings. The van der Waals surface area contributed by atoms with E-state index in [4.69, 9.17) is 5.73 Å². The zero-order valence-electron chi connectivity index (χ0n) is 12.3. The molecule has 106 valence electrons. The van der Waals surface area contributed by atoms with Gasteiger partial charge >= 0.3 is 0 Å². The maximum Gasteiger partial charge on any atom is 0.0412 e. The van der Waals surface area contributed by atoms with Gasteiger partial charge in [0.2, 0.25) is 0 Å². The summed E-state index contributed by atoms with van der Waals surface area (Å²) >= 11 is 2.11. The van der Waals surface area contributed by atoms with Crippen LogP contribution in [0.3, 0.4) is 0 Å². The van der Waals surface area contributed by atoms with Crippen LogP contribution in [-0.2, 0) is 6.42 Å². The summed E-state index contributed by atoms with van der Waals surface area (Å²) in [5.41, 5.74) is 9.10. The number of hydrogen-bond donors (Lipinski definition) is 1. The summed E-state index contributed by atoms with van der Waals surface area (Å²) < 4.78 is 0. The molecule has 1 aliphatic carbocycles. The summed E-state index contributed by atoms with van der Waals surface area (Å²) in [6, 6.07) is 9.02. The third-order valence-electron chi connectivity index (χ3n) is 4.24. The molecule has 1 aromatic rings. The largest absolute Gasteiger partial charge is 0.323 e. The van der Waals surface area contributed by atoms with E-state index in [0.29, 0.717) is 5.25 Å². The zero-order chi connectivity index (χ0) is 13.7. The number of thioether (sulfide) groups is 1. The number of aryl methyl sites for hydroxylation is 1. The van der Waals surface area contributed by atoms with Crippen LogP contribution in [0.4, 0.5) is 0 Å². The molecule has 2 N–H and O–H groups in total. The summed E-state index contributed by atoms with van der Waals surface area (Å²) in [5.74, 6) is 0. The monoisotopic (exact) mass is 277 g/mol. The van der Waals surface area contributed by atoms with Gasteiger partial charge in [0.15, 0.2) is 0 Å². The van der Waals surface area contributed by atoms with Crippen LogP contribution in [0.25, 0.3) is 0 Å². The Morgan fingerprint density at radius 2 is 1.79 bits per heavy atom. The van der Waals surface area contributed by atoms with Gasteiger partial charge in [-0.2, -0.15) is 11.8 Å². The number of nitrogens with two attached hydrogens (primary N) is 1. The second kappa shape index (κ2) is 7.35. The lowest BCUT2D eigenvalue weighted by molar-refractivity contribution is 0.513. The van der Waals surface area contributed by atoms with Crippen LogP contribution in [0, 0.1) is 0 Å². The molecule has 1 nitrogen and oxygen atoms in total. The Morgan fingerprint density at radius 1 is 1.16 bits per heavy atom. The zero-order valence-corrected chi connectivity index (χ0v) is 13.1. The van der Waals surface area contributed by atoms with Crippen LogP contribution in [0.5, 0.6) is 0 Å². The standard InChI is InChI=1S/C17H27NS/c1-3-14-9-11-15(12-10-14)17(18)13(2)19-16-7-5-4-6-8-16/h9-13,16-17H,3-8,18H2,1-2H3. The van der Waals surface area contributed by atoms with Crippen molar-refractivity contribution in [1.82, 2.24) is 0 Å². The fraction of sp³-hybridized carbons (Fsp3) is 0.647. The molecule has 2 rings (SSSR count). The smallest absolute Gasteiger partial charge is 0.0412 e. The molecule has 0 aromatic heterocycles. The van der Waals surface area contributed by atoms with Crippen molar-refractivity contribution >= 4 is 11.8 Å². The average Bonchev–Trinajstić information content (AvgIpc) is 2.47. The van der Waals surface area contributed by atoms with Crippen molar-refractivity contribution in [2.45, 2.75) is 68.9 Å². The van der Waals surface area contributed by atoms with Gasteiger partial charge in [-0.1, -0.05) is 57.4 Å². The molecule has 2 heteroatoms. The van der Waals surface area contributed by atoms with Crippen molar-refractivity contribution in [3.8, 4) is 0 Å². The van der Waals surface area contributed by atoms with Gasteiger partial charge < -0.3 is 5.73 Å². The highest BCUT2D eigenvalue weighted by molar-refractivity contribution is 8.00. The molecule has 1 aromatic carbocycles. The normalized spacial score (nSPS) is 20.2. The van der Waals surface area contributed by atoms with Crippen molar-refractivity contribution in [2.75, 3.05) is 0 Å². The van der Waals surface area contributed by atoms with Crippen LogP contribution in [0.1, 0.15) is 63.1 Å². The summed E-state index contributed by atoms with van der Waals surface area (Å²) in [4.78, 5) is 0. The maximum absolute atomic E-state index is 6.43. The summed E-state index contributed by atoms with van der Waals surface area (Å²) in [6.07, 6.45) is 8.11. The van der Waals surface area contributed by atoms with Crippen molar-refractivity contribution in [3.05, 3.63) is 35.4 Å². The maximum atomic E-state index is 6.43. The third-order valence-corrected chi connectivity index (χ3v) is 5.82. The quantitative estimate of drug-likeness (QED) is 0.844. The molecule has 2 unspecified atom stereocenters. The van der Waals surface area contributed by atoms with Gasteiger partial charge in [-0.25, -0.2) is 0 Å². The molecular weight excluding hydrogens is 250 g/mol. The SMILES string of the molecule is CCc1ccc(C(N)C(C)SC2CCCCC2)cc1. The Balaban J connectivity index is 1.91. The highest BCUT2D eigenvalue weighted by Crippen LogP contribution is 2.35. The molecule has 19 heavy (non-hydrogen) atoms. The van der Waals surface area contributed by atoms with E-state index in [9.17, 15) is 0 Å². The van der Waals surface area contributed by atoms with E-state index in [1.54, 1.807) is 0 Å². The molecule has 2 atom stereocenters. The van der Waals surface area contributed by atoms with Crippen molar-refractivity contribution in [3.63, 3.8) is 0 Å². The number of rotatable bonds is 5. The van der Waals surface area contributed by atoms with Gasteiger partial charge in [-0.3, -0.25) is 0 Å². The van der Waals surface area contributed by atoms with Crippen LogP contribution >= 0.6 is 11.8 Å². The van der Waals surface area contributed by atoms with E-state index in [0.717, 1.165) is 11.7 Å². The minimum absolute atomic E-state index is 0.165. The third kappa shape index (κ3) is 4.25. The Bertz CT molecular complexity index is 367. The van der Waals surface area contributed by atoms with Gasteiger partial charge in [0.1, 0.15) is 0 Å². The first-order valence-corrected chi connectivity index (χ1v) is 8.65. The van der Waals surface area contributed by atoms with Crippen molar-refractivity contribution in [1.29, 1.82) is 0 Å². The van der Waals surface area contributed by atoms with Crippen LogP contribution in [-0.4, -0.2) is 10.5 Å². The summed E-state index contributed by atoms with van der Waals surface area (Å²) in [6.45, 7) is 4.48. The first-order valence-electron chi connectivity index (χ1n) is 7.70. The molecule has 0 heterocycles. The van der Waals surface area contributed by atoms with Gasteiger partial charge in [-0.05, 0) is 30.4 Å². The van der Waals surface area contributed by atoms with Crippen LogP contribution in [0.15, 0.2) is 24.3 Å². The van der Waals surface area contributed by atoms with Crippen LogP contribution in [0.2, 0.25) is 0 Å². The fourth-order valence-electron chi connectivity index (χ4n) is 2.84. The highest BCUT2D eigenvalue weighted by atomic mass is 32.2. The second-order valence-corrected chi connectivity index (χ2v) is 7.40. The van der Waals surface area contributed by atoms with E-state index < -0.39 is 0 Å². The number of benzene rings is 1. The minimum Gasteiger partial charge on any atom is -0.323 e. The highest BCUT2D eigenvalue weighted by Gasteiger charge is 2.21. The topological polar surface area (TPSA) is 26.0 Å². The Labute approximate surface area is 122 Å². The Kier molecular flexibility index (Phi) is 5.77. The minimum atomic E-state index is 0.165. The van der Waals surface area contributed by atoms with Crippen molar-refractivity contribution < 1.29 is 0 Å². The summed E-state index contributed by atoms with van der Waals surface area (Å²) in [7, 11) is 0. The lowest BCUT2D eigenvalue weighted by atomic mass is 10.0. The van der Waals surface area contributed by atoms with Gasteiger partial charge in [0.25, 0.3) is 0 Å². The van der Waals surface area contributed by atoms with E-state index in [1.165, 1.54) is 43.2 Å². The van der Waals surface area contributed by atoms with E-state index in [1.807, 2.05) is 0 Å². The number of hydrogen-bond acceptors (Lipinski definition) is 2. The molecule has 1 fully saturated rings. The van der Waals surface area contributed by atoms with E-state index in [2.05, 4.69) is 49.9 Å². The molecule has 0 spiro atoms. The van der Waals surface area contributed by atoms with Gasteiger partial charge in [0, 0.05) is 16.5 Å². The van der Waals surface area contributed by atoms with E-state index in [-0.39, 0.29) is 6.04 Å². The Morgan fingerprint density at radius 3 is 2.37 bits per heavy atom.